The number of nitrogens with two attached hydrogens (primary N) is 2. The molecule has 0 radical (unpaired) electrons. The molecule has 0 aliphatic carbocycles. The first-order valence-electron chi connectivity index (χ1n) is 3.84. The molecule has 0 aromatic carbocycles. The highest BCUT2D eigenvalue weighted by Gasteiger charge is 2.00. The molecule has 1 rings (SSSR count). The van der Waals surface area contributed by atoms with Gasteiger partial charge in [-0.15, -0.1) is 10.2 Å². The summed E-state index contributed by atoms with van der Waals surface area (Å²) in [7, 11) is 0. The van der Waals surface area contributed by atoms with Crippen molar-refractivity contribution in [3.8, 4) is 0 Å². The maximum absolute atomic E-state index is 5.33. The second-order valence-corrected chi connectivity index (χ2v) is 3.44. The number of aromatic nitrogens is 2. The Morgan fingerprint density at radius 2 is 2.23 bits per heavy atom. The molecule has 0 aliphatic heterocycles. The van der Waals surface area contributed by atoms with Crippen molar-refractivity contribution >= 4 is 17.3 Å². The number of aliphatic imine (C=N–C) groups is 1. The van der Waals surface area contributed by atoms with Gasteiger partial charge in [0.05, 0.1) is 6.54 Å². The van der Waals surface area contributed by atoms with Crippen LogP contribution in [0.25, 0.3) is 0 Å². The van der Waals surface area contributed by atoms with Crippen LogP contribution in [0.4, 0.5) is 0 Å². The quantitative estimate of drug-likeness (QED) is 0.261. The molecule has 0 bridgehead atoms. The Kier molecular flexibility index (Phi) is 3.59. The minimum Gasteiger partial charge on any atom is -0.369 e. The largest absolute Gasteiger partial charge is 0.369 e. The molecule has 7 heteroatoms. The van der Waals surface area contributed by atoms with Crippen molar-refractivity contribution in [1.82, 2.24) is 15.6 Å². The molecule has 0 aliphatic rings. The van der Waals surface area contributed by atoms with Gasteiger partial charge in [-0.2, -0.15) is 0 Å². The third kappa shape index (κ3) is 2.96. The summed E-state index contributed by atoms with van der Waals surface area (Å²) in [5.74, 6) is 5.23. The van der Waals surface area contributed by atoms with Gasteiger partial charge in [-0.3, -0.25) is 5.43 Å². The number of guanidine groups is 1. The van der Waals surface area contributed by atoms with Crippen molar-refractivity contribution in [2.45, 2.75) is 19.9 Å². The van der Waals surface area contributed by atoms with E-state index in [4.69, 9.17) is 11.6 Å². The summed E-state index contributed by atoms with van der Waals surface area (Å²) in [6.45, 7) is 2.46. The predicted molar refractivity (Wildman–Crippen MR) is 51.9 cm³/mol. The summed E-state index contributed by atoms with van der Waals surface area (Å²) in [5.41, 5.74) is 7.57. The van der Waals surface area contributed by atoms with Gasteiger partial charge < -0.3 is 5.73 Å². The number of hydrazine groups is 1. The average Bonchev–Trinajstić information content (AvgIpc) is 2.61. The van der Waals surface area contributed by atoms with Crippen LogP contribution in [0.15, 0.2) is 4.99 Å². The lowest BCUT2D eigenvalue weighted by Crippen LogP contribution is -2.37. The Morgan fingerprint density at radius 3 is 2.77 bits per heavy atom. The van der Waals surface area contributed by atoms with E-state index >= 15 is 0 Å². The van der Waals surface area contributed by atoms with Crippen LogP contribution in [0.1, 0.15) is 16.9 Å². The van der Waals surface area contributed by atoms with Gasteiger partial charge in [0.2, 0.25) is 5.96 Å². The van der Waals surface area contributed by atoms with Crippen LogP contribution in [-0.2, 0) is 13.0 Å². The Bertz CT molecular complexity index is 293. The third-order valence-corrected chi connectivity index (χ3v) is 2.40. The Hall–Kier alpha value is -1.21. The van der Waals surface area contributed by atoms with E-state index in [2.05, 4.69) is 20.6 Å². The summed E-state index contributed by atoms with van der Waals surface area (Å²) in [5, 5.41) is 9.72. The van der Waals surface area contributed by atoms with Crippen LogP contribution in [0, 0.1) is 0 Å². The van der Waals surface area contributed by atoms with E-state index in [9.17, 15) is 0 Å². The molecule has 5 N–H and O–H groups in total. The summed E-state index contributed by atoms with van der Waals surface area (Å²) in [4.78, 5) is 3.93. The molecule has 1 aromatic rings. The van der Waals surface area contributed by atoms with Gasteiger partial charge in [-0.25, -0.2) is 10.8 Å². The Morgan fingerprint density at radius 1 is 1.54 bits per heavy atom. The fraction of sp³-hybridized carbons (Fsp3) is 0.500. The van der Waals surface area contributed by atoms with Gasteiger partial charge in [0.15, 0.2) is 0 Å². The molecule has 0 saturated heterocycles. The molecule has 1 aromatic heterocycles. The van der Waals surface area contributed by atoms with Crippen molar-refractivity contribution in [3.63, 3.8) is 0 Å². The van der Waals surface area contributed by atoms with Crippen LogP contribution < -0.4 is 17.0 Å². The van der Waals surface area contributed by atoms with E-state index in [0.717, 1.165) is 16.4 Å². The summed E-state index contributed by atoms with van der Waals surface area (Å²) in [6, 6.07) is 0. The monoisotopic (exact) mass is 200 g/mol. The average molecular weight is 200 g/mol. The molecule has 0 unspecified atom stereocenters. The molecule has 6 nitrogen and oxygen atoms in total. The highest BCUT2D eigenvalue weighted by atomic mass is 32.1. The first-order valence-corrected chi connectivity index (χ1v) is 4.65. The first-order chi connectivity index (χ1) is 6.26. The summed E-state index contributed by atoms with van der Waals surface area (Å²) in [6.07, 6.45) is 0.895. The number of rotatable bonds is 3. The molecular weight excluding hydrogens is 188 g/mol. The Labute approximate surface area is 80.0 Å². The fourth-order valence-corrected chi connectivity index (χ4v) is 1.40. The molecule has 0 amide bonds. The predicted octanol–water partition coefficient (Wildman–Crippen LogP) is -0.621. The minimum absolute atomic E-state index is 0.202. The zero-order valence-electron chi connectivity index (χ0n) is 7.32. The van der Waals surface area contributed by atoms with Crippen LogP contribution >= 0.6 is 11.3 Å². The van der Waals surface area contributed by atoms with Crippen LogP contribution in [0.2, 0.25) is 0 Å². The van der Waals surface area contributed by atoms with E-state index < -0.39 is 0 Å². The SMILES string of the molecule is CCc1nnc(CN=C(N)NN)s1. The van der Waals surface area contributed by atoms with Gasteiger partial charge >= 0.3 is 0 Å². The zero-order valence-corrected chi connectivity index (χ0v) is 8.14. The summed E-state index contributed by atoms with van der Waals surface area (Å²) < 4.78 is 0. The smallest absolute Gasteiger partial charge is 0.203 e. The summed E-state index contributed by atoms with van der Waals surface area (Å²) >= 11 is 1.53. The van der Waals surface area contributed by atoms with Crippen LogP contribution in [-0.4, -0.2) is 16.2 Å². The molecule has 0 fully saturated rings. The van der Waals surface area contributed by atoms with E-state index in [1.807, 2.05) is 6.92 Å². The standard InChI is InChI=1S/C6H12N6S/c1-2-4-11-12-5(13-4)3-9-6(7)10-8/h2-3,8H2,1H3,(H3,7,9,10). The molecule has 0 atom stereocenters. The van der Waals surface area contributed by atoms with Crippen molar-refractivity contribution in [3.05, 3.63) is 10.0 Å². The molecule has 0 saturated carbocycles. The molecular formula is C6H12N6S. The number of hydrogen-bond donors (Lipinski definition) is 3. The fourth-order valence-electron chi connectivity index (χ4n) is 0.694. The van der Waals surface area contributed by atoms with Crippen molar-refractivity contribution in [2.24, 2.45) is 16.6 Å². The lowest BCUT2D eigenvalue weighted by Gasteiger charge is -1.94. The van der Waals surface area contributed by atoms with E-state index in [-0.39, 0.29) is 5.96 Å². The molecule has 13 heavy (non-hydrogen) atoms. The van der Waals surface area contributed by atoms with Gasteiger partial charge in [-0.05, 0) is 6.42 Å². The number of aryl methyl sites for hydroxylation is 1. The van der Waals surface area contributed by atoms with Gasteiger partial charge in [0.1, 0.15) is 10.0 Å². The number of hydrogen-bond acceptors (Lipinski definition) is 5. The third-order valence-electron chi connectivity index (χ3n) is 1.34. The number of nitrogens with zero attached hydrogens (tertiary/aromatic N) is 3. The van der Waals surface area contributed by atoms with Gasteiger partial charge in [0.25, 0.3) is 0 Å². The van der Waals surface area contributed by atoms with Crippen LogP contribution in [0.3, 0.4) is 0 Å². The van der Waals surface area contributed by atoms with Gasteiger partial charge in [0, 0.05) is 0 Å². The second kappa shape index (κ2) is 4.73. The molecule has 72 valence electrons. The first kappa shape index (κ1) is 9.87. The van der Waals surface area contributed by atoms with Crippen molar-refractivity contribution < 1.29 is 0 Å². The second-order valence-electron chi connectivity index (χ2n) is 2.29. The van der Waals surface area contributed by atoms with Crippen molar-refractivity contribution in [2.75, 3.05) is 0 Å². The highest BCUT2D eigenvalue weighted by molar-refractivity contribution is 7.11. The molecule has 0 spiro atoms. The maximum atomic E-state index is 5.33. The topological polar surface area (TPSA) is 102 Å². The highest BCUT2D eigenvalue weighted by Crippen LogP contribution is 2.10. The lowest BCUT2D eigenvalue weighted by atomic mass is 10.5. The van der Waals surface area contributed by atoms with Crippen LogP contribution in [0.5, 0.6) is 0 Å². The van der Waals surface area contributed by atoms with Gasteiger partial charge in [-0.1, -0.05) is 18.3 Å². The normalized spacial score (nSPS) is 11.7. The van der Waals surface area contributed by atoms with Crippen molar-refractivity contribution in [1.29, 1.82) is 0 Å². The molecule has 1 heterocycles. The van der Waals surface area contributed by atoms with E-state index in [1.54, 1.807) is 0 Å². The van der Waals surface area contributed by atoms with E-state index in [1.165, 1.54) is 11.3 Å². The Balaban J connectivity index is 2.54. The number of nitrogens with one attached hydrogen (secondary N) is 1. The lowest BCUT2D eigenvalue weighted by molar-refractivity contribution is 0.905. The minimum atomic E-state index is 0.202. The maximum Gasteiger partial charge on any atom is 0.203 e. The van der Waals surface area contributed by atoms with E-state index in [0.29, 0.717) is 6.54 Å². The zero-order chi connectivity index (χ0) is 9.68.